The fraction of sp³-hybridized carbons (Fsp3) is 0.444. The summed E-state index contributed by atoms with van der Waals surface area (Å²) >= 11 is 7.40. The van der Waals surface area contributed by atoms with Crippen LogP contribution in [0.5, 0.6) is 0 Å². The Balaban J connectivity index is 0.00000109. The van der Waals surface area contributed by atoms with Gasteiger partial charge >= 0.3 is 0 Å². The van der Waals surface area contributed by atoms with E-state index < -0.39 is 0 Å². The van der Waals surface area contributed by atoms with Crippen LogP contribution in [0.15, 0.2) is 40.4 Å². The van der Waals surface area contributed by atoms with E-state index in [9.17, 15) is 4.79 Å². The van der Waals surface area contributed by atoms with Crippen LogP contribution in [0, 0.1) is 0 Å². The molecule has 1 fully saturated rings. The molecule has 3 rings (SSSR count). The molecule has 1 aromatic heterocycles. The van der Waals surface area contributed by atoms with Gasteiger partial charge in [0.25, 0.3) is 5.56 Å². The number of thioether (sulfide) groups is 1. The average Bonchev–Trinajstić information content (AvgIpc) is 2.67. The number of ether oxygens (including phenoxy) is 1. The fourth-order valence-corrected chi connectivity index (χ4v) is 3.21. The van der Waals surface area contributed by atoms with Crippen molar-refractivity contribution >= 4 is 29.1 Å². The minimum atomic E-state index is -0.0128. The monoisotopic (exact) mass is 381 g/mol. The number of halogens is 1. The lowest BCUT2D eigenvalue weighted by atomic mass is 10.2. The van der Waals surface area contributed by atoms with E-state index in [-0.39, 0.29) is 5.56 Å². The van der Waals surface area contributed by atoms with Gasteiger partial charge in [-0.05, 0) is 24.0 Å². The zero-order valence-corrected chi connectivity index (χ0v) is 16.4. The summed E-state index contributed by atoms with van der Waals surface area (Å²) in [5, 5.41) is 1.40. The van der Waals surface area contributed by atoms with Crippen LogP contribution in [0.4, 0.5) is 5.69 Å². The first kappa shape index (κ1) is 19.8. The van der Waals surface area contributed by atoms with Gasteiger partial charge in [0, 0.05) is 18.1 Å². The Morgan fingerprint density at radius 1 is 1.20 bits per heavy atom. The van der Waals surface area contributed by atoms with Crippen molar-refractivity contribution in [1.29, 1.82) is 0 Å². The molecule has 0 saturated carbocycles. The second-order valence-electron chi connectivity index (χ2n) is 5.25. The zero-order valence-electron chi connectivity index (χ0n) is 14.9. The van der Waals surface area contributed by atoms with Gasteiger partial charge in [0.15, 0.2) is 5.16 Å². The van der Waals surface area contributed by atoms with Crippen molar-refractivity contribution in [2.24, 2.45) is 0 Å². The number of rotatable bonds is 4. The molecular weight excluding hydrogens is 358 g/mol. The predicted octanol–water partition coefficient (Wildman–Crippen LogP) is 3.53. The minimum absolute atomic E-state index is 0.0128. The van der Waals surface area contributed by atoms with Gasteiger partial charge < -0.3 is 9.64 Å². The average molecular weight is 382 g/mol. The second-order valence-corrected chi connectivity index (χ2v) is 6.46. The predicted molar refractivity (Wildman–Crippen MR) is 105 cm³/mol. The van der Waals surface area contributed by atoms with Crippen LogP contribution in [0.1, 0.15) is 19.4 Å². The van der Waals surface area contributed by atoms with Gasteiger partial charge in [-0.25, -0.2) is 4.98 Å². The van der Waals surface area contributed by atoms with Crippen LogP contribution >= 0.6 is 23.4 Å². The number of anilines is 1. The Labute approximate surface area is 158 Å². The van der Waals surface area contributed by atoms with E-state index >= 15 is 0 Å². The van der Waals surface area contributed by atoms with Crippen molar-refractivity contribution in [3.8, 4) is 0 Å². The van der Waals surface area contributed by atoms with Crippen LogP contribution in [0.3, 0.4) is 0 Å². The SMILES string of the molecule is CC.CSc1ncc(N2CCOCC2)c(=O)n1Cc1ccc(Cl)cc1. The molecule has 0 radical (unpaired) electrons. The maximum Gasteiger partial charge on any atom is 0.278 e. The molecule has 1 aromatic carbocycles. The van der Waals surface area contributed by atoms with E-state index in [4.69, 9.17) is 16.3 Å². The molecule has 0 amide bonds. The fourth-order valence-electron chi connectivity index (χ4n) is 2.56. The van der Waals surface area contributed by atoms with E-state index in [0.717, 1.165) is 18.7 Å². The number of morpholine rings is 1. The number of benzene rings is 1. The number of hydrogen-bond donors (Lipinski definition) is 0. The lowest BCUT2D eigenvalue weighted by Gasteiger charge is -2.28. The molecule has 136 valence electrons. The van der Waals surface area contributed by atoms with E-state index in [2.05, 4.69) is 4.98 Å². The molecule has 0 bridgehead atoms. The van der Waals surface area contributed by atoms with Gasteiger partial charge in [-0.1, -0.05) is 49.3 Å². The highest BCUT2D eigenvalue weighted by Gasteiger charge is 2.18. The van der Waals surface area contributed by atoms with Gasteiger partial charge in [-0.15, -0.1) is 0 Å². The summed E-state index contributed by atoms with van der Waals surface area (Å²) in [6.45, 7) is 7.20. The maximum absolute atomic E-state index is 12.9. The molecular formula is C18H24ClN3O2S. The van der Waals surface area contributed by atoms with Crippen LogP contribution < -0.4 is 10.5 Å². The second kappa shape index (κ2) is 9.85. The van der Waals surface area contributed by atoms with Gasteiger partial charge in [-0.2, -0.15) is 0 Å². The van der Waals surface area contributed by atoms with Gasteiger partial charge in [0.05, 0.1) is 26.0 Å². The van der Waals surface area contributed by atoms with Crippen molar-refractivity contribution in [2.75, 3.05) is 37.5 Å². The summed E-state index contributed by atoms with van der Waals surface area (Å²) in [5.74, 6) is 0. The first-order valence-electron chi connectivity index (χ1n) is 8.40. The zero-order chi connectivity index (χ0) is 18.2. The lowest BCUT2D eigenvalue weighted by molar-refractivity contribution is 0.122. The highest BCUT2D eigenvalue weighted by Crippen LogP contribution is 2.17. The summed E-state index contributed by atoms with van der Waals surface area (Å²) < 4.78 is 7.08. The Hall–Kier alpha value is -1.50. The number of aromatic nitrogens is 2. The van der Waals surface area contributed by atoms with Crippen molar-refractivity contribution in [3.63, 3.8) is 0 Å². The Morgan fingerprint density at radius 3 is 2.44 bits per heavy atom. The van der Waals surface area contributed by atoms with Crippen LogP contribution in [0.25, 0.3) is 0 Å². The molecule has 0 atom stereocenters. The molecule has 1 saturated heterocycles. The van der Waals surface area contributed by atoms with Crippen molar-refractivity contribution < 1.29 is 4.74 Å². The van der Waals surface area contributed by atoms with E-state index in [0.29, 0.717) is 35.6 Å². The van der Waals surface area contributed by atoms with Crippen LogP contribution in [-0.4, -0.2) is 42.1 Å². The quantitative estimate of drug-likeness (QED) is 0.599. The van der Waals surface area contributed by atoms with Crippen LogP contribution in [0.2, 0.25) is 5.02 Å². The summed E-state index contributed by atoms with van der Waals surface area (Å²) in [4.78, 5) is 19.4. The molecule has 0 unspecified atom stereocenters. The summed E-state index contributed by atoms with van der Waals surface area (Å²) in [6, 6.07) is 7.53. The van der Waals surface area contributed by atoms with Crippen molar-refractivity contribution in [2.45, 2.75) is 25.5 Å². The molecule has 0 N–H and O–H groups in total. The first-order chi connectivity index (χ1) is 12.2. The van der Waals surface area contributed by atoms with E-state index in [1.165, 1.54) is 11.8 Å². The molecule has 25 heavy (non-hydrogen) atoms. The first-order valence-corrected chi connectivity index (χ1v) is 10.0. The molecule has 0 aliphatic carbocycles. The number of hydrogen-bond acceptors (Lipinski definition) is 5. The third kappa shape index (κ3) is 5.00. The molecule has 2 aromatic rings. The van der Waals surface area contributed by atoms with Crippen molar-refractivity contribution in [1.82, 2.24) is 9.55 Å². The van der Waals surface area contributed by atoms with Gasteiger partial charge in [0.2, 0.25) is 0 Å². The topological polar surface area (TPSA) is 47.4 Å². The Morgan fingerprint density at radius 2 is 1.84 bits per heavy atom. The molecule has 7 heteroatoms. The molecule has 5 nitrogen and oxygen atoms in total. The highest BCUT2D eigenvalue weighted by atomic mass is 35.5. The molecule has 1 aliphatic heterocycles. The Kier molecular flexibility index (Phi) is 7.81. The summed E-state index contributed by atoms with van der Waals surface area (Å²) in [7, 11) is 0. The molecule has 0 spiro atoms. The maximum atomic E-state index is 12.9. The Bertz CT molecular complexity index is 728. The van der Waals surface area contributed by atoms with Crippen molar-refractivity contribution in [3.05, 3.63) is 51.4 Å². The normalized spacial score (nSPS) is 14.0. The largest absolute Gasteiger partial charge is 0.378 e. The summed E-state index contributed by atoms with van der Waals surface area (Å²) in [6.07, 6.45) is 3.60. The smallest absolute Gasteiger partial charge is 0.278 e. The lowest BCUT2D eigenvalue weighted by Crippen LogP contribution is -2.41. The third-order valence-corrected chi connectivity index (χ3v) is 4.72. The standard InChI is InChI=1S/C16H18ClN3O2S.C2H6/c1-23-16-18-10-14(19-6-8-22-9-7-19)15(21)20(16)11-12-2-4-13(17)5-3-12;1-2/h2-5,10H,6-9,11H2,1H3;1-2H3. The third-order valence-electron chi connectivity index (χ3n) is 3.78. The van der Waals surface area contributed by atoms with E-state index in [1.807, 2.05) is 49.3 Å². The molecule has 2 heterocycles. The van der Waals surface area contributed by atoms with E-state index in [1.54, 1.807) is 10.8 Å². The van der Waals surface area contributed by atoms with Gasteiger partial charge in [0.1, 0.15) is 5.69 Å². The molecule has 1 aliphatic rings. The number of nitrogens with zero attached hydrogens (tertiary/aromatic N) is 3. The highest BCUT2D eigenvalue weighted by molar-refractivity contribution is 7.98. The summed E-state index contributed by atoms with van der Waals surface area (Å²) in [5.41, 5.74) is 1.65. The van der Waals surface area contributed by atoms with Crippen LogP contribution in [-0.2, 0) is 11.3 Å². The minimum Gasteiger partial charge on any atom is -0.378 e. The van der Waals surface area contributed by atoms with Gasteiger partial charge in [-0.3, -0.25) is 9.36 Å².